The van der Waals surface area contributed by atoms with Gasteiger partial charge in [0.25, 0.3) is 5.91 Å². The number of primary amides is 1. The minimum atomic E-state index is -1.48. The number of H-pyrrole nitrogens is 1. The molecule has 32 heteroatoms. The SMILES string of the molecule is CCCCC/C=C\C/C=C\CCCCCCCC(=O)NCCCNC(=O)/C=N/NCC(=O)NCCCC[C@H](NC(=O)[C@H](Cc1ccccc1)NC(=O)[C@@H](Cc1c[nH]c2ccccc12)NC(=O)[C@H](CCCN=C(N)N)NC(=O)[C@@H](Cc1ccccc1)NC(=O)[C@@H]1CCCN1C(=O)[C@@H](N)CCSC)C(=O)N1CCC[C@H]1C(=O)N[C@H](C(N)=O)C(C)C. The number of amides is 12. The molecule has 9 atom stereocenters. The third-order valence-corrected chi connectivity index (χ3v) is 21.4. The molecule has 19 N–H and O–H groups in total. The van der Waals surface area contributed by atoms with Crippen molar-refractivity contribution in [2.75, 3.05) is 57.8 Å². The number of aromatic amines is 1. The molecule has 6 rings (SSSR count). The third-order valence-electron chi connectivity index (χ3n) is 20.7. The van der Waals surface area contributed by atoms with Crippen molar-refractivity contribution >= 4 is 106 Å². The molecular formula is C86H129N19O12S. The number of benzene rings is 3. The molecule has 3 heterocycles. The lowest BCUT2D eigenvalue weighted by atomic mass is 10.00. The number of hydrogen-bond donors (Lipinski definition) is 15. The summed E-state index contributed by atoms with van der Waals surface area (Å²) in [5, 5.41) is 30.1. The fourth-order valence-corrected chi connectivity index (χ4v) is 14.7. The number of carbonyl (C=O) groups excluding carboxylic acids is 12. The van der Waals surface area contributed by atoms with Crippen LogP contribution < -0.4 is 76.2 Å². The van der Waals surface area contributed by atoms with E-state index in [-0.39, 0.29) is 101 Å². The lowest BCUT2D eigenvalue weighted by molar-refractivity contribution is -0.142. The van der Waals surface area contributed by atoms with Gasteiger partial charge in [-0.25, -0.2) is 0 Å². The fourth-order valence-electron chi connectivity index (χ4n) is 14.2. The Bertz CT molecular complexity index is 3950. The highest BCUT2D eigenvalue weighted by atomic mass is 32.2. The van der Waals surface area contributed by atoms with Gasteiger partial charge in [-0.05, 0) is 150 Å². The molecule has 2 fully saturated rings. The van der Waals surface area contributed by atoms with Crippen molar-refractivity contribution in [1.82, 2.24) is 68.1 Å². The number of hydrogen-bond acceptors (Lipinski definition) is 17. The summed E-state index contributed by atoms with van der Waals surface area (Å²) in [5.74, 6) is -7.13. The second kappa shape index (κ2) is 54.4. The minimum absolute atomic E-state index is 0.0225. The van der Waals surface area contributed by atoms with Gasteiger partial charge in [-0.2, -0.15) is 16.9 Å². The molecule has 1 aromatic heterocycles. The zero-order valence-corrected chi connectivity index (χ0v) is 70.1. The van der Waals surface area contributed by atoms with E-state index in [2.05, 4.69) is 99.6 Å². The number of thioether (sulfide) groups is 1. The fraction of sp³-hybridized carbons (Fsp3) is 0.558. The standard InChI is InChI=1S/C86H129N19O12S/c1-5-6-7-8-9-10-11-12-13-14-15-16-17-18-25-44-73(106)91-48-33-49-93-75(108)58-97-96-57-74(107)92-46-29-28-40-67(85(117)105-51-32-43-72(105)83(115)103-76(59(2)3)77(88)109)99-80(112)68(53-60-34-21-19-22-35-60)100-81(113)70(55-62-56-95-65-39-27-26-38-63(62)65)101-78(110)66(41-30-47-94-86(89)90)98-79(111)69(54-61-36-23-20-24-37-61)102-82(114)71-42-31-50-104(71)84(116)64(87)45-52-118-4/h9-10,12-13,19-24,26-27,34-39,56,58-59,64,66-72,76,95-96H,5-8,11,14-18,25,28-33,40-55,57,87H2,1-4H3,(H2,88,109)(H,91,106)(H,92,107)(H,93,108)(H,98,111)(H,99,112)(H,100,113)(H,101,110)(H,102,114)(H,103,115)(H4,89,90,94)/b10-9-,13-12-,97-58+/t64-,66-,67-,68-,69+,70+,71-,72-,76-/m0/s1. The molecule has 0 saturated carbocycles. The third kappa shape index (κ3) is 35.3. The van der Waals surface area contributed by atoms with E-state index in [9.17, 15) is 38.4 Å². The van der Waals surface area contributed by atoms with Gasteiger partial charge >= 0.3 is 0 Å². The van der Waals surface area contributed by atoms with Gasteiger partial charge in [0.2, 0.25) is 65.0 Å². The van der Waals surface area contributed by atoms with Crippen molar-refractivity contribution in [3.8, 4) is 0 Å². The average molecular weight is 1650 g/mol. The van der Waals surface area contributed by atoms with Gasteiger partial charge in [0.1, 0.15) is 61.1 Å². The summed E-state index contributed by atoms with van der Waals surface area (Å²) in [5.41, 5.74) is 28.6. The van der Waals surface area contributed by atoms with Crippen molar-refractivity contribution < 1.29 is 57.5 Å². The van der Waals surface area contributed by atoms with Crippen molar-refractivity contribution in [3.63, 3.8) is 0 Å². The highest BCUT2D eigenvalue weighted by Gasteiger charge is 2.42. The molecule has 12 amide bonds. The zero-order chi connectivity index (χ0) is 85.4. The van der Waals surface area contributed by atoms with Crippen LogP contribution in [0.2, 0.25) is 0 Å². The Morgan fingerprint density at radius 2 is 1.08 bits per heavy atom. The number of aliphatic imine (C=N–C) groups is 1. The molecule has 0 bridgehead atoms. The maximum absolute atomic E-state index is 15.5. The average Bonchev–Trinajstić information content (AvgIpc) is 1.64. The van der Waals surface area contributed by atoms with E-state index in [1.54, 1.807) is 92.5 Å². The molecule has 0 unspecified atom stereocenters. The second-order valence-electron chi connectivity index (χ2n) is 30.5. The Morgan fingerprint density at radius 1 is 0.551 bits per heavy atom. The van der Waals surface area contributed by atoms with Gasteiger partial charge < -0.3 is 91.0 Å². The lowest BCUT2D eigenvalue weighted by Crippen LogP contribution is -2.61. The molecule has 0 radical (unpaired) electrons. The normalized spacial score (nSPS) is 15.8. The largest absolute Gasteiger partial charge is 0.370 e. The van der Waals surface area contributed by atoms with E-state index in [0.717, 1.165) is 68.5 Å². The summed E-state index contributed by atoms with van der Waals surface area (Å²) in [6.07, 6.45) is 28.8. The van der Waals surface area contributed by atoms with Crippen LogP contribution in [0.3, 0.4) is 0 Å². The second-order valence-corrected chi connectivity index (χ2v) is 31.5. The molecule has 0 aliphatic carbocycles. The molecule has 31 nitrogen and oxygen atoms in total. The first-order valence-corrected chi connectivity index (χ1v) is 43.4. The lowest BCUT2D eigenvalue weighted by Gasteiger charge is -2.31. The van der Waals surface area contributed by atoms with Gasteiger partial charge in [0.15, 0.2) is 5.96 Å². The van der Waals surface area contributed by atoms with Crippen molar-refractivity contribution in [3.05, 3.63) is 132 Å². The Balaban J connectivity index is 1.13. The number of nitrogens with zero attached hydrogens (tertiary/aromatic N) is 4. The van der Waals surface area contributed by atoms with E-state index >= 15 is 19.2 Å². The number of carbonyl (C=O) groups is 12. The first-order chi connectivity index (χ1) is 57.0. The van der Waals surface area contributed by atoms with E-state index < -0.39 is 113 Å². The molecule has 3 aromatic carbocycles. The minimum Gasteiger partial charge on any atom is -0.370 e. The summed E-state index contributed by atoms with van der Waals surface area (Å²) < 4.78 is 0. The van der Waals surface area contributed by atoms with Crippen molar-refractivity contribution in [1.29, 1.82) is 0 Å². The summed E-state index contributed by atoms with van der Waals surface area (Å²) >= 11 is 1.54. The van der Waals surface area contributed by atoms with Crippen LogP contribution in [0, 0.1) is 5.92 Å². The number of unbranched alkanes of at least 4 members (excludes halogenated alkanes) is 9. The number of likely N-dealkylation sites (tertiary alicyclic amines) is 2. The van der Waals surface area contributed by atoms with Crippen LogP contribution in [-0.4, -0.2) is 210 Å². The topological polar surface area (TPSA) is 476 Å². The van der Waals surface area contributed by atoms with Crippen LogP contribution in [0.4, 0.5) is 0 Å². The predicted octanol–water partition coefficient (Wildman–Crippen LogP) is 4.66. The van der Waals surface area contributed by atoms with E-state index in [1.807, 2.05) is 30.5 Å². The number of hydrazone groups is 1. The van der Waals surface area contributed by atoms with Gasteiger partial charge in [0, 0.05) is 82.1 Å². The molecule has 646 valence electrons. The Labute approximate surface area is 698 Å². The quantitative estimate of drug-likeness (QED) is 0.00939. The Kier molecular flexibility index (Phi) is 44.3. The highest BCUT2D eigenvalue weighted by molar-refractivity contribution is 7.98. The molecule has 4 aromatic rings. The number of para-hydroxylation sites is 1. The van der Waals surface area contributed by atoms with E-state index in [1.165, 1.54) is 29.1 Å². The first-order valence-electron chi connectivity index (χ1n) is 42.0. The summed E-state index contributed by atoms with van der Waals surface area (Å²) in [6.45, 7) is 6.61. The number of allylic oxidation sites excluding steroid dienone is 4. The molecule has 118 heavy (non-hydrogen) atoms. The monoisotopic (exact) mass is 1650 g/mol. The smallest absolute Gasteiger partial charge is 0.264 e. The maximum Gasteiger partial charge on any atom is 0.264 e. The van der Waals surface area contributed by atoms with E-state index in [0.29, 0.717) is 87.0 Å². The number of nitrogens with one attached hydrogen (secondary N) is 11. The highest BCUT2D eigenvalue weighted by Crippen LogP contribution is 2.25. The number of guanidine groups is 1. The van der Waals surface area contributed by atoms with Crippen LogP contribution in [0.25, 0.3) is 10.9 Å². The molecule has 2 saturated heterocycles. The number of fused-ring (bicyclic) bond motifs is 1. The van der Waals surface area contributed by atoms with E-state index in [4.69, 9.17) is 22.9 Å². The van der Waals surface area contributed by atoms with Gasteiger partial charge in [-0.15, -0.1) is 0 Å². The van der Waals surface area contributed by atoms with Crippen LogP contribution >= 0.6 is 11.8 Å². The van der Waals surface area contributed by atoms with Crippen LogP contribution in [0.15, 0.2) is 126 Å². The molecular weight excluding hydrogens is 1520 g/mol. The summed E-state index contributed by atoms with van der Waals surface area (Å²) in [4.78, 5) is 179. The van der Waals surface area contributed by atoms with Crippen LogP contribution in [0.1, 0.15) is 185 Å². The van der Waals surface area contributed by atoms with Crippen molar-refractivity contribution in [2.24, 2.45) is 38.9 Å². The zero-order valence-electron chi connectivity index (χ0n) is 69.3. The number of aromatic nitrogens is 1. The van der Waals surface area contributed by atoms with Gasteiger partial charge in [-0.1, -0.05) is 156 Å². The summed E-state index contributed by atoms with van der Waals surface area (Å²) in [7, 11) is 0. The molecule has 2 aliphatic heterocycles. The van der Waals surface area contributed by atoms with Crippen LogP contribution in [0.5, 0.6) is 0 Å². The summed E-state index contributed by atoms with van der Waals surface area (Å²) in [6, 6.07) is 14.2. The Morgan fingerprint density at radius 3 is 1.71 bits per heavy atom. The Hall–Kier alpha value is -10.6. The van der Waals surface area contributed by atoms with Gasteiger partial charge in [-0.3, -0.25) is 62.5 Å². The maximum atomic E-state index is 15.5. The molecule has 2 aliphatic rings. The molecule has 0 spiro atoms. The predicted molar refractivity (Wildman–Crippen MR) is 462 cm³/mol. The van der Waals surface area contributed by atoms with Gasteiger partial charge in [0.05, 0.1) is 6.04 Å². The number of rotatable bonds is 56. The van der Waals surface area contributed by atoms with Crippen LogP contribution in [-0.2, 0) is 76.8 Å². The first kappa shape index (κ1) is 96.2. The number of nitrogens with two attached hydrogens (primary N) is 4. The van der Waals surface area contributed by atoms with Crippen molar-refractivity contribution in [2.45, 2.75) is 242 Å².